The molecule has 2 heterocycles. The van der Waals surface area contributed by atoms with Crippen LogP contribution >= 0.6 is 0 Å². The van der Waals surface area contributed by atoms with E-state index in [1.165, 1.54) is 71.4 Å². The Bertz CT molecular complexity index is 256. The fourth-order valence-corrected chi connectivity index (χ4v) is 3.59. The van der Waals surface area contributed by atoms with Gasteiger partial charge in [0.2, 0.25) is 0 Å². The second kappa shape index (κ2) is 5.89. The van der Waals surface area contributed by atoms with E-state index in [1.54, 1.807) is 0 Å². The molecule has 0 spiro atoms. The topological polar surface area (TPSA) is 18.5 Å². The van der Waals surface area contributed by atoms with Crippen molar-refractivity contribution in [2.45, 2.75) is 51.1 Å². The van der Waals surface area contributed by atoms with Crippen LogP contribution in [0.4, 0.5) is 0 Å². The van der Waals surface area contributed by atoms with Crippen molar-refractivity contribution in [3.63, 3.8) is 0 Å². The summed E-state index contributed by atoms with van der Waals surface area (Å²) in [5, 5.41) is 3.83. The van der Waals surface area contributed by atoms with E-state index < -0.39 is 0 Å². The highest BCUT2D eigenvalue weighted by molar-refractivity contribution is 4.90. The van der Waals surface area contributed by atoms with Crippen molar-refractivity contribution in [1.82, 2.24) is 15.1 Å². The first-order valence-corrected chi connectivity index (χ1v) is 8.05. The lowest BCUT2D eigenvalue weighted by Crippen LogP contribution is -2.43. The Balaban J connectivity index is 1.32. The Morgan fingerprint density at radius 3 is 2.44 bits per heavy atom. The molecule has 1 N–H and O–H groups in total. The molecule has 3 heteroatoms. The Kier molecular flexibility index (Phi) is 4.22. The van der Waals surface area contributed by atoms with Gasteiger partial charge in [-0.1, -0.05) is 6.92 Å². The van der Waals surface area contributed by atoms with Crippen molar-refractivity contribution in [2.75, 3.05) is 39.3 Å². The Labute approximate surface area is 112 Å². The molecule has 1 saturated carbocycles. The van der Waals surface area contributed by atoms with Gasteiger partial charge in [0.05, 0.1) is 0 Å². The highest BCUT2D eigenvalue weighted by atomic mass is 15.2. The maximum absolute atomic E-state index is 3.83. The number of hydrogen-bond donors (Lipinski definition) is 1. The van der Waals surface area contributed by atoms with E-state index in [1.807, 2.05) is 0 Å². The van der Waals surface area contributed by atoms with Crippen LogP contribution in [0.15, 0.2) is 0 Å². The summed E-state index contributed by atoms with van der Waals surface area (Å²) in [6, 6.07) is 1.77. The molecule has 1 unspecified atom stereocenters. The van der Waals surface area contributed by atoms with Crippen LogP contribution in [-0.2, 0) is 0 Å². The van der Waals surface area contributed by atoms with E-state index >= 15 is 0 Å². The average molecular weight is 251 g/mol. The van der Waals surface area contributed by atoms with Gasteiger partial charge < -0.3 is 15.1 Å². The van der Waals surface area contributed by atoms with Crippen LogP contribution in [0, 0.1) is 5.92 Å². The maximum Gasteiger partial charge on any atom is 0.00965 e. The van der Waals surface area contributed by atoms with Gasteiger partial charge in [0.1, 0.15) is 0 Å². The molecular weight excluding hydrogens is 222 g/mol. The largest absolute Gasteiger partial charge is 0.314 e. The van der Waals surface area contributed by atoms with Gasteiger partial charge in [-0.15, -0.1) is 0 Å². The highest BCUT2D eigenvalue weighted by Crippen LogP contribution is 2.31. The molecule has 0 aromatic heterocycles. The summed E-state index contributed by atoms with van der Waals surface area (Å²) < 4.78 is 0. The molecule has 1 aliphatic carbocycles. The van der Waals surface area contributed by atoms with Crippen LogP contribution in [0.3, 0.4) is 0 Å². The number of likely N-dealkylation sites (tertiary alicyclic amines) is 2. The van der Waals surface area contributed by atoms with Gasteiger partial charge in [0, 0.05) is 18.6 Å². The van der Waals surface area contributed by atoms with Crippen molar-refractivity contribution >= 4 is 0 Å². The normalized spacial score (nSPS) is 32.2. The Morgan fingerprint density at radius 1 is 1.00 bits per heavy atom. The molecule has 2 saturated heterocycles. The molecule has 0 aromatic carbocycles. The zero-order valence-electron chi connectivity index (χ0n) is 11.9. The summed E-state index contributed by atoms with van der Waals surface area (Å²) in [7, 11) is 0. The summed E-state index contributed by atoms with van der Waals surface area (Å²) in [6.07, 6.45) is 7.07. The van der Waals surface area contributed by atoms with Gasteiger partial charge in [-0.3, -0.25) is 0 Å². The summed E-state index contributed by atoms with van der Waals surface area (Å²) >= 11 is 0. The monoisotopic (exact) mass is 251 g/mol. The lowest BCUT2D eigenvalue weighted by atomic mass is 10.0. The smallest absolute Gasteiger partial charge is 0.00965 e. The molecule has 3 fully saturated rings. The van der Waals surface area contributed by atoms with Crippen LogP contribution in [0.5, 0.6) is 0 Å². The van der Waals surface area contributed by atoms with E-state index in [9.17, 15) is 0 Å². The SMILES string of the molecule is CCN1CCC(NCC2CCN(C3CC3)C2)CC1. The summed E-state index contributed by atoms with van der Waals surface area (Å²) in [4.78, 5) is 5.30. The van der Waals surface area contributed by atoms with Crippen molar-refractivity contribution in [3.05, 3.63) is 0 Å². The van der Waals surface area contributed by atoms with Gasteiger partial charge >= 0.3 is 0 Å². The Morgan fingerprint density at radius 2 is 1.78 bits per heavy atom. The number of rotatable bonds is 5. The van der Waals surface area contributed by atoms with Crippen LogP contribution in [0.2, 0.25) is 0 Å². The highest BCUT2D eigenvalue weighted by Gasteiger charge is 2.34. The van der Waals surface area contributed by atoms with E-state index in [2.05, 4.69) is 22.0 Å². The maximum atomic E-state index is 3.83. The van der Waals surface area contributed by atoms with E-state index in [0.29, 0.717) is 0 Å². The summed E-state index contributed by atoms with van der Waals surface area (Å²) in [5.41, 5.74) is 0. The van der Waals surface area contributed by atoms with Gasteiger partial charge in [-0.25, -0.2) is 0 Å². The molecule has 1 atom stereocenters. The quantitative estimate of drug-likeness (QED) is 0.800. The second-order valence-electron chi connectivity index (χ2n) is 6.50. The predicted octanol–water partition coefficient (Wildman–Crippen LogP) is 1.54. The zero-order chi connectivity index (χ0) is 12.4. The van der Waals surface area contributed by atoms with Crippen molar-refractivity contribution in [3.8, 4) is 0 Å². The zero-order valence-corrected chi connectivity index (χ0v) is 11.9. The molecule has 3 nitrogen and oxygen atoms in total. The molecule has 0 amide bonds. The van der Waals surface area contributed by atoms with E-state index in [0.717, 1.165) is 18.0 Å². The van der Waals surface area contributed by atoms with Crippen LogP contribution in [0.25, 0.3) is 0 Å². The van der Waals surface area contributed by atoms with Gasteiger partial charge in [0.15, 0.2) is 0 Å². The average Bonchev–Trinajstić information content (AvgIpc) is 3.16. The number of nitrogens with one attached hydrogen (secondary N) is 1. The molecule has 104 valence electrons. The molecule has 3 aliphatic rings. The first-order chi connectivity index (χ1) is 8.85. The minimum Gasteiger partial charge on any atom is -0.314 e. The fraction of sp³-hybridized carbons (Fsp3) is 1.00. The summed E-state index contributed by atoms with van der Waals surface area (Å²) in [5.74, 6) is 0.926. The van der Waals surface area contributed by atoms with Crippen LogP contribution in [0.1, 0.15) is 39.0 Å². The molecule has 3 rings (SSSR count). The minimum absolute atomic E-state index is 0.794. The Hall–Kier alpha value is -0.120. The second-order valence-corrected chi connectivity index (χ2v) is 6.50. The van der Waals surface area contributed by atoms with Gasteiger partial charge in [-0.05, 0) is 70.7 Å². The third-order valence-corrected chi connectivity index (χ3v) is 5.11. The van der Waals surface area contributed by atoms with Crippen molar-refractivity contribution < 1.29 is 0 Å². The van der Waals surface area contributed by atoms with Gasteiger partial charge in [0.25, 0.3) is 0 Å². The molecule has 18 heavy (non-hydrogen) atoms. The standard InChI is InChI=1S/C15H29N3/c1-2-17-8-6-14(7-9-17)16-11-13-5-10-18(12-13)15-3-4-15/h13-16H,2-12H2,1H3. The third-order valence-electron chi connectivity index (χ3n) is 5.11. The lowest BCUT2D eigenvalue weighted by molar-refractivity contribution is 0.202. The first-order valence-electron chi connectivity index (χ1n) is 8.05. The minimum atomic E-state index is 0.794. The summed E-state index contributed by atoms with van der Waals surface area (Å²) in [6.45, 7) is 10.1. The number of hydrogen-bond acceptors (Lipinski definition) is 3. The molecule has 0 radical (unpaired) electrons. The molecule has 0 bridgehead atoms. The van der Waals surface area contributed by atoms with Gasteiger partial charge in [-0.2, -0.15) is 0 Å². The van der Waals surface area contributed by atoms with Crippen molar-refractivity contribution in [2.24, 2.45) is 5.92 Å². The van der Waals surface area contributed by atoms with E-state index in [4.69, 9.17) is 0 Å². The van der Waals surface area contributed by atoms with Crippen molar-refractivity contribution in [1.29, 1.82) is 0 Å². The van der Waals surface area contributed by atoms with Crippen LogP contribution in [-0.4, -0.2) is 61.2 Å². The van der Waals surface area contributed by atoms with E-state index in [-0.39, 0.29) is 0 Å². The third kappa shape index (κ3) is 3.25. The molecule has 2 aliphatic heterocycles. The number of nitrogens with zero attached hydrogens (tertiary/aromatic N) is 2. The lowest BCUT2D eigenvalue weighted by Gasteiger charge is -2.32. The number of piperidine rings is 1. The fourth-order valence-electron chi connectivity index (χ4n) is 3.59. The predicted molar refractivity (Wildman–Crippen MR) is 75.8 cm³/mol. The molecular formula is C15H29N3. The van der Waals surface area contributed by atoms with Crippen LogP contribution < -0.4 is 5.32 Å². The first kappa shape index (κ1) is 12.9. The molecule has 0 aromatic rings.